The summed E-state index contributed by atoms with van der Waals surface area (Å²) < 4.78 is 15.3. The molecule has 1 fully saturated rings. The molecule has 0 aromatic heterocycles. The summed E-state index contributed by atoms with van der Waals surface area (Å²) in [4.78, 5) is 18.3. The van der Waals surface area contributed by atoms with E-state index in [-0.39, 0.29) is 24.4 Å². The number of amides is 1. The zero-order valence-electron chi connectivity index (χ0n) is 17.1. The van der Waals surface area contributed by atoms with Crippen molar-refractivity contribution in [1.82, 2.24) is 9.62 Å². The van der Waals surface area contributed by atoms with Gasteiger partial charge in [-0.15, -0.1) is 0 Å². The highest BCUT2D eigenvalue weighted by Gasteiger charge is 2.36. The number of oxime groups is 1. The molecule has 0 spiro atoms. The summed E-state index contributed by atoms with van der Waals surface area (Å²) in [6.07, 6.45) is 3.02. The fourth-order valence-electron chi connectivity index (χ4n) is 3.60. The molecule has 1 N–H and O–H groups in total. The normalized spacial score (nSPS) is 20.9. The third-order valence-corrected chi connectivity index (χ3v) is 6.64. The topological polar surface area (TPSA) is 71.0 Å². The minimum Gasteiger partial charge on any atom is -0.399 e. The second-order valence-electron chi connectivity index (χ2n) is 7.05. The minimum atomic E-state index is -1.36. The van der Waals surface area contributed by atoms with E-state index in [4.69, 9.17) is 4.84 Å². The summed E-state index contributed by atoms with van der Waals surface area (Å²) in [5, 5.41) is 6.71. The Bertz CT molecular complexity index is 902. The summed E-state index contributed by atoms with van der Waals surface area (Å²) in [5.41, 5.74) is 1.66. The number of hydrogen-bond acceptors (Lipinski definition) is 4. The van der Waals surface area contributed by atoms with Gasteiger partial charge in [-0.1, -0.05) is 60.3 Å². The lowest BCUT2D eigenvalue weighted by Crippen LogP contribution is -2.45. The summed E-state index contributed by atoms with van der Waals surface area (Å²) in [5.74, 6) is -0.339. The summed E-state index contributed by atoms with van der Waals surface area (Å²) >= 11 is 0. The molecule has 1 saturated heterocycles. The van der Waals surface area contributed by atoms with Gasteiger partial charge in [0, 0.05) is 12.6 Å². The lowest BCUT2D eigenvalue weighted by Gasteiger charge is -2.38. The first kappa shape index (κ1) is 21.9. The standard InChI is InChI=1S/C23H27N3O3S/c1-3-20(25-29-2)16-24-23(27)19-14-15-22(18-10-6-4-7-11-18)26(17-19)30(28)21-12-8-5-9-13-21/h3-13,19,22H,1,14-17H2,2H3,(H,24,27)/b25-20+/t19-,22?,30?/m1/s1. The van der Waals surface area contributed by atoms with Gasteiger partial charge >= 0.3 is 0 Å². The Hall–Kier alpha value is -2.77. The van der Waals surface area contributed by atoms with E-state index in [1.165, 1.54) is 7.11 Å². The monoisotopic (exact) mass is 425 g/mol. The number of piperidine rings is 1. The van der Waals surface area contributed by atoms with Crippen molar-refractivity contribution in [2.45, 2.75) is 23.8 Å². The van der Waals surface area contributed by atoms with Crippen molar-refractivity contribution in [1.29, 1.82) is 0 Å². The van der Waals surface area contributed by atoms with Crippen LogP contribution in [0.1, 0.15) is 24.4 Å². The molecule has 3 rings (SSSR count). The Morgan fingerprint density at radius 1 is 1.20 bits per heavy atom. The van der Waals surface area contributed by atoms with Crippen LogP contribution in [0.4, 0.5) is 0 Å². The molecule has 158 valence electrons. The molecule has 1 aliphatic heterocycles. The maximum absolute atomic E-state index is 13.4. The van der Waals surface area contributed by atoms with Crippen LogP contribution in [0.15, 0.2) is 83.4 Å². The van der Waals surface area contributed by atoms with E-state index in [1.54, 1.807) is 6.08 Å². The van der Waals surface area contributed by atoms with Crippen molar-refractivity contribution in [2.24, 2.45) is 11.1 Å². The molecule has 1 heterocycles. The van der Waals surface area contributed by atoms with Crippen LogP contribution >= 0.6 is 0 Å². The van der Waals surface area contributed by atoms with Crippen LogP contribution in [-0.2, 0) is 20.6 Å². The minimum absolute atomic E-state index is 0.00456. The van der Waals surface area contributed by atoms with E-state index in [9.17, 15) is 9.00 Å². The molecule has 0 aliphatic carbocycles. The van der Waals surface area contributed by atoms with Crippen molar-refractivity contribution in [3.8, 4) is 0 Å². The van der Waals surface area contributed by atoms with E-state index >= 15 is 0 Å². The van der Waals surface area contributed by atoms with E-state index in [0.29, 0.717) is 12.3 Å². The number of hydrogen-bond donors (Lipinski definition) is 1. The number of carbonyl (C=O) groups excluding carboxylic acids is 1. The number of nitrogens with zero attached hydrogens (tertiary/aromatic N) is 2. The molecular formula is C23H27N3O3S. The van der Waals surface area contributed by atoms with E-state index < -0.39 is 11.0 Å². The first-order chi connectivity index (χ1) is 14.6. The van der Waals surface area contributed by atoms with E-state index in [1.807, 2.05) is 52.8 Å². The van der Waals surface area contributed by atoms with Crippen LogP contribution in [0, 0.1) is 5.92 Å². The molecule has 2 aromatic carbocycles. The van der Waals surface area contributed by atoms with Crippen molar-refractivity contribution in [3.63, 3.8) is 0 Å². The van der Waals surface area contributed by atoms with Crippen LogP contribution in [0.2, 0.25) is 0 Å². The van der Waals surface area contributed by atoms with Gasteiger partial charge < -0.3 is 10.2 Å². The average molecular weight is 426 g/mol. The molecule has 2 unspecified atom stereocenters. The molecule has 1 aliphatic rings. The van der Waals surface area contributed by atoms with Crippen molar-refractivity contribution < 1.29 is 13.8 Å². The predicted molar refractivity (Wildman–Crippen MR) is 119 cm³/mol. The summed E-state index contributed by atoms with van der Waals surface area (Å²) in [6, 6.07) is 19.4. The Labute approximate surface area is 180 Å². The SMILES string of the molecule is C=C/C(CNC(=O)[C@@H]1CCC(c2ccccc2)N(S(=O)c2ccccc2)C1)=N\OC. The van der Waals surface area contributed by atoms with Gasteiger partial charge in [0.2, 0.25) is 5.91 Å². The molecule has 7 heteroatoms. The molecule has 1 amide bonds. The fourth-order valence-corrected chi connectivity index (χ4v) is 5.03. The molecule has 30 heavy (non-hydrogen) atoms. The van der Waals surface area contributed by atoms with Gasteiger partial charge in [-0.2, -0.15) is 0 Å². The second-order valence-corrected chi connectivity index (χ2v) is 8.49. The van der Waals surface area contributed by atoms with Crippen molar-refractivity contribution in [3.05, 3.63) is 78.9 Å². The lowest BCUT2D eigenvalue weighted by atomic mass is 9.90. The Kier molecular flexibility index (Phi) is 7.93. The van der Waals surface area contributed by atoms with Gasteiger partial charge in [0.15, 0.2) is 0 Å². The maximum atomic E-state index is 13.4. The van der Waals surface area contributed by atoms with Crippen molar-refractivity contribution in [2.75, 3.05) is 20.2 Å². The quantitative estimate of drug-likeness (QED) is 0.520. The Morgan fingerprint density at radius 2 is 1.87 bits per heavy atom. The highest BCUT2D eigenvalue weighted by Crippen LogP contribution is 2.36. The van der Waals surface area contributed by atoms with Crippen LogP contribution in [0.5, 0.6) is 0 Å². The summed E-state index contributed by atoms with van der Waals surface area (Å²) in [7, 11) is 0.0898. The summed E-state index contributed by atoms with van der Waals surface area (Å²) in [6.45, 7) is 4.33. The first-order valence-electron chi connectivity index (χ1n) is 9.92. The molecule has 2 aromatic rings. The zero-order valence-corrected chi connectivity index (χ0v) is 17.9. The van der Waals surface area contributed by atoms with Crippen LogP contribution in [0.3, 0.4) is 0 Å². The fraction of sp³-hybridized carbons (Fsp3) is 0.304. The first-order valence-corrected chi connectivity index (χ1v) is 11.0. The van der Waals surface area contributed by atoms with Gasteiger partial charge in [0.05, 0.1) is 23.1 Å². The highest BCUT2D eigenvalue weighted by atomic mass is 32.2. The molecule has 0 bridgehead atoms. The average Bonchev–Trinajstić information content (AvgIpc) is 2.81. The number of carbonyl (C=O) groups is 1. The molecule has 3 atom stereocenters. The van der Waals surface area contributed by atoms with Gasteiger partial charge in [0.1, 0.15) is 18.1 Å². The second kappa shape index (κ2) is 10.8. The largest absolute Gasteiger partial charge is 0.399 e. The predicted octanol–water partition coefficient (Wildman–Crippen LogP) is 3.47. The third kappa shape index (κ3) is 5.43. The number of nitrogens with one attached hydrogen (secondary N) is 1. The molecule has 0 radical (unpaired) electrons. The van der Waals surface area contributed by atoms with Gasteiger partial charge in [-0.25, -0.2) is 8.51 Å². The Balaban J connectivity index is 1.77. The molecule has 6 nitrogen and oxygen atoms in total. The number of benzene rings is 2. The highest BCUT2D eigenvalue weighted by molar-refractivity contribution is 7.82. The zero-order chi connectivity index (χ0) is 21.3. The van der Waals surface area contributed by atoms with Gasteiger partial charge in [0.25, 0.3) is 0 Å². The van der Waals surface area contributed by atoms with Crippen molar-refractivity contribution >= 4 is 22.6 Å². The Morgan fingerprint density at radius 3 is 2.50 bits per heavy atom. The van der Waals surface area contributed by atoms with E-state index in [0.717, 1.165) is 23.3 Å². The lowest BCUT2D eigenvalue weighted by molar-refractivity contribution is -0.126. The molecule has 0 saturated carbocycles. The van der Waals surface area contributed by atoms with Crippen LogP contribution in [0.25, 0.3) is 0 Å². The third-order valence-electron chi connectivity index (χ3n) is 5.14. The maximum Gasteiger partial charge on any atom is 0.224 e. The number of rotatable bonds is 8. The van der Waals surface area contributed by atoms with Gasteiger partial charge in [-0.3, -0.25) is 4.79 Å². The smallest absolute Gasteiger partial charge is 0.224 e. The van der Waals surface area contributed by atoms with Gasteiger partial charge in [-0.05, 0) is 36.6 Å². The van der Waals surface area contributed by atoms with E-state index in [2.05, 4.69) is 29.2 Å². The molecular weight excluding hydrogens is 398 g/mol. The van der Waals surface area contributed by atoms with Crippen LogP contribution in [-0.4, -0.2) is 40.3 Å². The van der Waals surface area contributed by atoms with Crippen LogP contribution < -0.4 is 5.32 Å².